The number of aryl methyl sites for hydroxylation is 1. The fourth-order valence-electron chi connectivity index (χ4n) is 3.78. The second kappa shape index (κ2) is 10.7. The van der Waals surface area contributed by atoms with E-state index in [-0.39, 0.29) is 16.9 Å². The third-order valence-corrected chi connectivity index (χ3v) is 6.23. The van der Waals surface area contributed by atoms with E-state index in [0.29, 0.717) is 23.7 Å². The van der Waals surface area contributed by atoms with Crippen molar-refractivity contribution < 1.29 is 9.59 Å². The van der Waals surface area contributed by atoms with Gasteiger partial charge in [0.25, 0.3) is 11.8 Å². The number of thiocarbonyl (C=S) groups is 1. The van der Waals surface area contributed by atoms with Crippen molar-refractivity contribution in [3.63, 3.8) is 0 Å². The standard InChI is InChI=1S/C26H25ClN4O2S/c1-18-6-8-19(9-7-18)25(33)31-16-14-30(15-17-31)21-12-10-20(11-13-21)28-26(34)29-24(32)22-4-2-3-5-23(22)27/h2-13H,14-17H2,1H3,(H2,28,29,32,34). The van der Waals surface area contributed by atoms with Crippen LogP contribution in [-0.4, -0.2) is 48.0 Å². The number of hydrogen-bond donors (Lipinski definition) is 2. The molecule has 3 aromatic rings. The maximum absolute atomic E-state index is 12.7. The van der Waals surface area contributed by atoms with Crippen LogP contribution in [-0.2, 0) is 0 Å². The third kappa shape index (κ3) is 5.73. The summed E-state index contributed by atoms with van der Waals surface area (Å²) < 4.78 is 0. The average molecular weight is 493 g/mol. The monoisotopic (exact) mass is 492 g/mol. The number of carbonyl (C=O) groups is 2. The maximum atomic E-state index is 12.7. The number of benzene rings is 3. The zero-order valence-electron chi connectivity index (χ0n) is 18.8. The van der Waals surface area contributed by atoms with E-state index in [1.807, 2.05) is 60.4 Å². The Morgan fingerprint density at radius 3 is 2.18 bits per heavy atom. The second-order valence-corrected chi connectivity index (χ2v) is 8.90. The predicted octanol–water partition coefficient (Wildman–Crippen LogP) is 4.74. The summed E-state index contributed by atoms with van der Waals surface area (Å²) in [6, 6.07) is 22.3. The van der Waals surface area contributed by atoms with E-state index in [0.717, 1.165) is 35.6 Å². The molecular formula is C26H25ClN4O2S. The normalized spacial score (nSPS) is 13.4. The SMILES string of the molecule is Cc1ccc(C(=O)N2CCN(c3ccc(NC(=S)NC(=O)c4ccccc4Cl)cc3)CC2)cc1. The van der Waals surface area contributed by atoms with Crippen molar-refractivity contribution in [2.45, 2.75) is 6.92 Å². The van der Waals surface area contributed by atoms with Crippen LogP contribution in [0.25, 0.3) is 0 Å². The van der Waals surface area contributed by atoms with Crippen LogP contribution in [0.5, 0.6) is 0 Å². The molecule has 0 aromatic heterocycles. The molecule has 0 radical (unpaired) electrons. The van der Waals surface area contributed by atoms with Gasteiger partial charge in [0.2, 0.25) is 0 Å². The molecule has 2 amide bonds. The number of anilines is 2. The molecule has 2 N–H and O–H groups in total. The Bertz CT molecular complexity index is 1190. The van der Waals surface area contributed by atoms with Crippen molar-refractivity contribution in [3.8, 4) is 0 Å². The Morgan fingerprint density at radius 2 is 1.53 bits per heavy atom. The van der Waals surface area contributed by atoms with Gasteiger partial charge in [0.05, 0.1) is 10.6 Å². The van der Waals surface area contributed by atoms with Gasteiger partial charge in [0.1, 0.15) is 0 Å². The summed E-state index contributed by atoms with van der Waals surface area (Å²) in [5.74, 6) is -0.288. The van der Waals surface area contributed by atoms with Gasteiger partial charge in [-0.15, -0.1) is 0 Å². The molecular weight excluding hydrogens is 468 g/mol. The zero-order chi connectivity index (χ0) is 24.1. The highest BCUT2D eigenvalue weighted by Gasteiger charge is 2.22. The summed E-state index contributed by atoms with van der Waals surface area (Å²) >= 11 is 11.3. The lowest BCUT2D eigenvalue weighted by Crippen LogP contribution is -2.48. The van der Waals surface area contributed by atoms with E-state index < -0.39 is 0 Å². The highest BCUT2D eigenvalue weighted by Crippen LogP contribution is 2.21. The summed E-state index contributed by atoms with van der Waals surface area (Å²) in [7, 11) is 0. The number of carbonyl (C=O) groups excluding carboxylic acids is 2. The zero-order valence-corrected chi connectivity index (χ0v) is 20.3. The van der Waals surface area contributed by atoms with Gasteiger partial charge in [0, 0.05) is 43.1 Å². The van der Waals surface area contributed by atoms with Crippen LogP contribution in [0.3, 0.4) is 0 Å². The molecule has 0 saturated carbocycles. The number of piperazine rings is 1. The Labute approximate surface area is 209 Å². The molecule has 0 atom stereocenters. The lowest BCUT2D eigenvalue weighted by molar-refractivity contribution is 0.0746. The summed E-state index contributed by atoms with van der Waals surface area (Å²) in [5.41, 5.74) is 4.07. The minimum Gasteiger partial charge on any atom is -0.368 e. The van der Waals surface area contributed by atoms with Crippen LogP contribution in [0.1, 0.15) is 26.3 Å². The molecule has 1 aliphatic rings. The van der Waals surface area contributed by atoms with Gasteiger partial charge >= 0.3 is 0 Å². The molecule has 1 aliphatic heterocycles. The van der Waals surface area contributed by atoms with Crippen molar-refractivity contribution in [2.75, 3.05) is 36.4 Å². The second-order valence-electron chi connectivity index (χ2n) is 8.08. The Kier molecular flexibility index (Phi) is 7.45. The average Bonchev–Trinajstić information content (AvgIpc) is 2.85. The molecule has 174 valence electrons. The van der Waals surface area contributed by atoms with E-state index in [1.165, 1.54) is 0 Å². The molecule has 0 aliphatic carbocycles. The first-order valence-corrected chi connectivity index (χ1v) is 11.8. The van der Waals surface area contributed by atoms with Crippen molar-refractivity contribution in [3.05, 3.63) is 94.5 Å². The van der Waals surface area contributed by atoms with Gasteiger partial charge in [-0.2, -0.15) is 0 Å². The molecule has 8 heteroatoms. The Balaban J connectivity index is 1.29. The lowest BCUT2D eigenvalue weighted by Gasteiger charge is -2.36. The lowest BCUT2D eigenvalue weighted by atomic mass is 10.1. The van der Waals surface area contributed by atoms with E-state index in [4.69, 9.17) is 23.8 Å². The highest BCUT2D eigenvalue weighted by atomic mass is 35.5. The fraction of sp³-hybridized carbons (Fsp3) is 0.192. The van der Waals surface area contributed by atoms with Gasteiger partial charge in [-0.05, 0) is 67.7 Å². The number of rotatable bonds is 4. The molecule has 1 fully saturated rings. The van der Waals surface area contributed by atoms with Gasteiger partial charge < -0.3 is 15.1 Å². The summed E-state index contributed by atoms with van der Waals surface area (Å²) in [6.07, 6.45) is 0. The number of nitrogens with zero attached hydrogens (tertiary/aromatic N) is 2. The number of amides is 2. The van der Waals surface area contributed by atoms with Gasteiger partial charge in [-0.1, -0.05) is 41.4 Å². The van der Waals surface area contributed by atoms with Gasteiger partial charge in [-0.3, -0.25) is 14.9 Å². The first kappa shape index (κ1) is 23.7. The van der Waals surface area contributed by atoms with Crippen molar-refractivity contribution in [2.24, 2.45) is 0 Å². The van der Waals surface area contributed by atoms with Gasteiger partial charge in [0.15, 0.2) is 5.11 Å². The van der Waals surface area contributed by atoms with Crippen LogP contribution in [0.2, 0.25) is 5.02 Å². The molecule has 0 bridgehead atoms. The number of halogens is 1. The topological polar surface area (TPSA) is 64.7 Å². The maximum Gasteiger partial charge on any atom is 0.258 e. The highest BCUT2D eigenvalue weighted by molar-refractivity contribution is 7.80. The smallest absolute Gasteiger partial charge is 0.258 e. The molecule has 0 spiro atoms. The fourth-order valence-corrected chi connectivity index (χ4v) is 4.21. The third-order valence-electron chi connectivity index (χ3n) is 5.70. The largest absolute Gasteiger partial charge is 0.368 e. The molecule has 1 heterocycles. The van der Waals surface area contributed by atoms with Crippen molar-refractivity contribution in [1.82, 2.24) is 10.2 Å². The van der Waals surface area contributed by atoms with Gasteiger partial charge in [-0.25, -0.2) is 0 Å². The van der Waals surface area contributed by atoms with Crippen molar-refractivity contribution >= 4 is 52.1 Å². The predicted molar refractivity (Wildman–Crippen MR) is 141 cm³/mol. The van der Waals surface area contributed by atoms with E-state index >= 15 is 0 Å². The number of nitrogens with one attached hydrogen (secondary N) is 2. The summed E-state index contributed by atoms with van der Waals surface area (Å²) in [5, 5.41) is 6.23. The molecule has 6 nitrogen and oxygen atoms in total. The van der Waals surface area contributed by atoms with Crippen LogP contribution in [0.4, 0.5) is 11.4 Å². The first-order chi connectivity index (χ1) is 16.4. The molecule has 0 unspecified atom stereocenters. The van der Waals surface area contributed by atoms with E-state index in [1.54, 1.807) is 24.3 Å². The molecule has 34 heavy (non-hydrogen) atoms. The van der Waals surface area contributed by atoms with Crippen molar-refractivity contribution in [1.29, 1.82) is 0 Å². The summed E-state index contributed by atoms with van der Waals surface area (Å²) in [6.45, 7) is 4.88. The quantitative estimate of drug-likeness (QED) is 0.515. The molecule has 1 saturated heterocycles. The Hall–Kier alpha value is -3.42. The summed E-state index contributed by atoms with van der Waals surface area (Å²) in [4.78, 5) is 29.2. The first-order valence-electron chi connectivity index (χ1n) is 11.0. The Morgan fingerprint density at radius 1 is 0.882 bits per heavy atom. The van der Waals surface area contributed by atoms with Crippen LogP contribution in [0, 0.1) is 6.92 Å². The van der Waals surface area contributed by atoms with Crippen LogP contribution < -0.4 is 15.5 Å². The molecule has 4 rings (SSSR count). The number of hydrogen-bond acceptors (Lipinski definition) is 4. The van der Waals surface area contributed by atoms with Crippen LogP contribution >= 0.6 is 23.8 Å². The van der Waals surface area contributed by atoms with Crippen LogP contribution in [0.15, 0.2) is 72.8 Å². The van der Waals surface area contributed by atoms with E-state index in [9.17, 15) is 9.59 Å². The minimum atomic E-state index is -0.363. The van der Waals surface area contributed by atoms with E-state index in [2.05, 4.69) is 15.5 Å². The molecule has 3 aromatic carbocycles. The minimum absolute atomic E-state index is 0.0755.